The van der Waals surface area contributed by atoms with E-state index in [1.165, 1.54) is 44.9 Å². The average molecular weight is 332 g/mol. The first-order valence-corrected chi connectivity index (χ1v) is 10.3. The lowest BCUT2D eigenvalue weighted by molar-refractivity contribution is -0.230. The summed E-state index contributed by atoms with van der Waals surface area (Å²) < 4.78 is 5.83. The normalized spacial score (nSPS) is 59.1. The third-order valence-electron chi connectivity index (χ3n) is 9.65. The van der Waals surface area contributed by atoms with Gasteiger partial charge in [0.25, 0.3) is 0 Å². The van der Waals surface area contributed by atoms with Gasteiger partial charge in [-0.25, -0.2) is 0 Å². The number of ether oxygens (including phenoxy) is 1. The summed E-state index contributed by atoms with van der Waals surface area (Å²) in [4.78, 5) is 12.6. The monoisotopic (exact) mass is 332 g/mol. The molecule has 0 aromatic rings. The zero-order valence-electron chi connectivity index (χ0n) is 15.2. The summed E-state index contributed by atoms with van der Waals surface area (Å²) in [5.41, 5.74) is 0.171. The Labute approximate surface area is 145 Å². The summed E-state index contributed by atoms with van der Waals surface area (Å²) in [6.07, 6.45) is 10.4. The molecule has 3 heteroatoms. The molecular formula is C21H32O3. The van der Waals surface area contributed by atoms with Crippen LogP contribution in [0.2, 0.25) is 0 Å². The van der Waals surface area contributed by atoms with Crippen LogP contribution in [0.3, 0.4) is 0 Å². The van der Waals surface area contributed by atoms with Gasteiger partial charge in [-0.3, -0.25) is 4.79 Å². The fraction of sp³-hybridized carbons (Fsp3) is 0.952. The summed E-state index contributed by atoms with van der Waals surface area (Å²) in [5, 5.41) is 10.6. The number of esters is 1. The molecule has 1 heterocycles. The van der Waals surface area contributed by atoms with Gasteiger partial charge in [0.2, 0.25) is 0 Å². The molecule has 2 bridgehead atoms. The van der Waals surface area contributed by atoms with Crippen molar-refractivity contribution in [3.8, 4) is 0 Å². The van der Waals surface area contributed by atoms with Crippen molar-refractivity contribution < 1.29 is 14.6 Å². The van der Waals surface area contributed by atoms with Gasteiger partial charge in [0, 0.05) is 5.41 Å². The number of carbonyl (C=O) groups excluding carboxylic acids is 1. The molecule has 1 N–H and O–H groups in total. The van der Waals surface area contributed by atoms with Crippen molar-refractivity contribution >= 4 is 5.97 Å². The lowest BCUT2D eigenvalue weighted by Crippen LogP contribution is -2.64. The van der Waals surface area contributed by atoms with E-state index in [9.17, 15) is 9.90 Å². The molecule has 3 nitrogen and oxygen atoms in total. The molecule has 0 radical (unpaired) electrons. The quantitative estimate of drug-likeness (QED) is 0.684. The minimum absolute atomic E-state index is 0.0817. The van der Waals surface area contributed by atoms with Gasteiger partial charge < -0.3 is 9.84 Å². The van der Waals surface area contributed by atoms with Gasteiger partial charge in [-0.1, -0.05) is 13.3 Å². The number of hydrogen-bond acceptors (Lipinski definition) is 3. The third kappa shape index (κ3) is 1.66. The molecular weight excluding hydrogens is 300 g/mol. The number of rotatable bonds is 0. The van der Waals surface area contributed by atoms with Gasteiger partial charge in [0.05, 0.1) is 18.1 Å². The van der Waals surface area contributed by atoms with E-state index >= 15 is 0 Å². The van der Waals surface area contributed by atoms with Crippen molar-refractivity contribution in [3.63, 3.8) is 0 Å². The first kappa shape index (κ1) is 15.7. The van der Waals surface area contributed by atoms with E-state index in [0.717, 1.165) is 18.8 Å². The molecule has 0 spiro atoms. The molecule has 1 unspecified atom stereocenters. The Balaban J connectivity index is 1.54. The fourth-order valence-corrected chi connectivity index (χ4v) is 8.44. The Morgan fingerprint density at radius 2 is 1.83 bits per heavy atom. The summed E-state index contributed by atoms with van der Waals surface area (Å²) in [5.74, 6) is 2.77. The zero-order valence-corrected chi connectivity index (χ0v) is 15.2. The molecule has 4 saturated carbocycles. The van der Waals surface area contributed by atoms with E-state index < -0.39 is 0 Å². The molecule has 4 aliphatic carbocycles. The largest absolute Gasteiger partial charge is 0.465 e. The van der Waals surface area contributed by atoms with Gasteiger partial charge in [-0.05, 0) is 87.4 Å². The first-order valence-electron chi connectivity index (χ1n) is 10.3. The highest BCUT2D eigenvalue weighted by molar-refractivity contribution is 5.78. The number of aliphatic hydroxyl groups excluding tert-OH is 1. The molecule has 8 atom stereocenters. The summed E-state index contributed by atoms with van der Waals surface area (Å²) in [6, 6.07) is 0. The molecule has 5 rings (SSSR count). The van der Waals surface area contributed by atoms with Gasteiger partial charge in [0.1, 0.15) is 0 Å². The highest BCUT2D eigenvalue weighted by atomic mass is 16.5. The van der Waals surface area contributed by atoms with Crippen LogP contribution < -0.4 is 0 Å². The molecule has 24 heavy (non-hydrogen) atoms. The van der Waals surface area contributed by atoms with E-state index in [1.54, 1.807) is 0 Å². The predicted molar refractivity (Wildman–Crippen MR) is 91.1 cm³/mol. The first-order chi connectivity index (χ1) is 11.4. The standard InChI is InChI=1S/C21H32O3/c1-19-11-8-15-13(14(19)5-7-17(19)22)4-6-16-20(2)9-3-10-21(15,16)12-24-18(20)23/h13-17,22H,3-12H2,1-2H3/t13-,14-,15-,16?,17-,19-,20-,21-/m0/s1. The van der Waals surface area contributed by atoms with Crippen molar-refractivity contribution in [1.82, 2.24) is 0 Å². The minimum atomic E-state index is -0.225. The highest BCUT2D eigenvalue weighted by Gasteiger charge is 2.67. The maximum absolute atomic E-state index is 12.6. The Bertz CT molecular complexity index is 573. The van der Waals surface area contributed by atoms with Crippen LogP contribution in [0.15, 0.2) is 0 Å². The summed E-state index contributed by atoms with van der Waals surface area (Å²) >= 11 is 0. The SMILES string of the molecule is C[C@]12CC[C@H]3[C@@H](CCC4[C@]35CCC[C@]4(C)C(=O)OC5)[C@@H]1CC[C@@H]2O. The molecule has 5 aliphatic rings. The zero-order chi connectivity index (χ0) is 16.7. The van der Waals surface area contributed by atoms with Crippen LogP contribution in [0.4, 0.5) is 0 Å². The van der Waals surface area contributed by atoms with Gasteiger partial charge >= 0.3 is 5.97 Å². The highest BCUT2D eigenvalue weighted by Crippen LogP contribution is 2.70. The second kappa shape index (κ2) is 4.78. The Morgan fingerprint density at radius 3 is 2.67 bits per heavy atom. The van der Waals surface area contributed by atoms with Crippen LogP contribution in [-0.4, -0.2) is 23.8 Å². The topological polar surface area (TPSA) is 46.5 Å². The van der Waals surface area contributed by atoms with E-state index in [2.05, 4.69) is 13.8 Å². The van der Waals surface area contributed by atoms with E-state index in [1.807, 2.05) is 0 Å². The lowest BCUT2D eigenvalue weighted by atomic mass is 9.40. The molecule has 0 aromatic carbocycles. The number of cyclic esters (lactones) is 1. The fourth-order valence-electron chi connectivity index (χ4n) is 8.44. The molecule has 0 aromatic heterocycles. The Hall–Kier alpha value is -0.570. The van der Waals surface area contributed by atoms with Crippen LogP contribution in [0.5, 0.6) is 0 Å². The maximum atomic E-state index is 12.6. The van der Waals surface area contributed by atoms with E-state index in [4.69, 9.17) is 4.74 Å². The predicted octanol–water partition coefficient (Wildman–Crippen LogP) is 3.93. The van der Waals surface area contributed by atoms with Crippen molar-refractivity contribution in [2.75, 3.05) is 6.61 Å². The summed E-state index contributed by atoms with van der Waals surface area (Å²) in [7, 11) is 0. The smallest absolute Gasteiger partial charge is 0.312 e. The Morgan fingerprint density at radius 1 is 1.00 bits per heavy atom. The van der Waals surface area contributed by atoms with Crippen molar-refractivity contribution in [2.45, 2.75) is 77.7 Å². The second-order valence-electron chi connectivity index (χ2n) is 10.2. The van der Waals surface area contributed by atoms with E-state index in [0.29, 0.717) is 24.4 Å². The number of hydrogen-bond donors (Lipinski definition) is 1. The molecule has 134 valence electrons. The summed E-state index contributed by atoms with van der Waals surface area (Å²) in [6.45, 7) is 5.22. The third-order valence-corrected chi connectivity index (χ3v) is 9.65. The Kier molecular flexibility index (Phi) is 3.12. The van der Waals surface area contributed by atoms with Crippen LogP contribution in [0.25, 0.3) is 0 Å². The molecule has 0 amide bonds. The molecule has 5 fully saturated rings. The number of aliphatic hydroxyl groups is 1. The minimum Gasteiger partial charge on any atom is -0.465 e. The van der Waals surface area contributed by atoms with Crippen LogP contribution in [-0.2, 0) is 9.53 Å². The molecule has 1 aliphatic heterocycles. The maximum Gasteiger partial charge on any atom is 0.312 e. The second-order valence-corrected chi connectivity index (χ2v) is 10.2. The van der Waals surface area contributed by atoms with Gasteiger partial charge in [-0.15, -0.1) is 0 Å². The van der Waals surface area contributed by atoms with Crippen LogP contribution in [0.1, 0.15) is 71.6 Å². The van der Waals surface area contributed by atoms with Crippen LogP contribution in [0, 0.1) is 39.9 Å². The number of carbonyl (C=O) groups is 1. The van der Waals surface area contributed by atoms with Crippen molar-refractivity contribution in [1.29, 1.82) is 0 Å². The van der Waals surface area contributed by atoms with Crippen LogP contribution >= 0.6 is 0 Å². The van der Waals surface area contributed by atoms with Gasteiger partial charge in [-0.2, -0.15) is 0 Å². The lowest BCUT2D eigenvalue weighted by Gasteiger charge is -2.65. The molecule has 1 saturated heterocycles. The van der Waals surface area contributed by atoms with Gasteiger partial charge in [0.15, 0.2) is 0 Å². The van der Waals surface area contributed by atoms with Crippen molar-refractivity contribution in [2.24, 2.45) is 39.9 Å². The average Bonchev–Trinajstić information content (AvgIpc) is 2.87. The number of fused-ring (bicyclic) bond motifs is 3. The van der Waals surface area contributed by atoms with E-state index in [-0.39, 0.29) is 28.3 Å². The van der Waals surface area contributed by atoms with Crippen molar-refractivity contribution in [3.05, 3.63) is 0 Å².